The van der Waals surface area contributed by atoms with Gasteiger partial charge in [-0.1, -0.05) is 51.1 Å². The Morgan fingerprint density at radius 2 is 1.92 bits per heavy atom. The van der Waals surface area contributed by atoms with E-state index in [0.717, 1.165) is 12.5 Å². The minimum atomic E-state index is -0.144. The quantitative estimate of drug-likeness (QED) is 0.278. The highest BCUT2D eigenvalue weighted by Crippen LogP contribution is 2.22. The maximum atomic E-state index is 5.29. The molecule has 0 aliphatic heterocycles. The van der Waals surface area contributed by atoms with Gasteiger partial charge in [0.15, 0.2) is 11.8 Å². The predicted molar refractivity (Wildman–Crippen MR) is 118 cm³/mol. The smallest absolute Gasteiger partial charge is 0.232 e. The Hall–Kier alpha value is -1.29. The molecule has 1 aromatic carbocycles. The highest BCUT2D eigenvalue weighted by molar-refractivity contribution is 14.0. The Morgan fingerprint density at radius 3 is 2.50 bits per heavy atom. The topological polar surface area (TPSA) is 75.3 Å². The van der Waals surface area contributed by atoms with Crippen LogP contribution >= 0.6 is 35.7 Å². The van der Waals surface area contributed by atoms with Gasteiger partial charge in [-0.2, -0.15) is 4.98 Å². The fraction of sp³-hybridized carbons (Fsp3) is 0.500. The fourth-order valence-corrected chi connectivity index (χ4v) is 2.97. The van der Waals surface area contributed by atoms with E-state index >= 15 is 0 Å². The molecule has 26 heavy (non-hydrogen) atoms. The third kappa shape index (κ3) is 7.53. The summed E-state index contributed by atoms with van der Waals surface area (Å²) in [6, 6.07) is 10.4. The molecule has 0 radical (unpaired) electrons. The second kappa shape index (κ2) is 10.8. The van der Waals surface area contributed by atoms with Gasteiger partial charge in [-0.05, 0) is 12.1 Å². The number of hydrogen-bond acceptors (Lipinski definition) is 5. The average Bonchev–Trinajstić information content (AvgIpc) is 3.05. The molecule has 2 rings (SSSR count). The van der Waals surface area contributed by atoms with Gasteiger partial charge in [-0.15, -0.1) is 35.7 Å². The van der Waals surface area contributed by atoms with Crippen LogP contribution in [0, 0.1) is 0 Å². The molecule has 2 aromatic rings. The van der Waals surface area contributed by atoms with Crippen molar-refractivity contribution in [1.29, 1.82) is 0 Å². The van der Waals surface area contributed by atoms with E-state index in [2.05, 4.69) is 57.0 Å². The molecule has 0 saturated heterocycles. The summed E-state index contributed by atoms with van der Waals surface area (Å²) in [5, 5.41) is 11.0. The van der Waals surface area contributed by atoms with Crippen molar-refractivity contribution in [2.75, 3.05) is 13.6 Å². The van der Waals surface area contributed by atoms with Gasteiger partial charge in [0.05, 0.1) is 6.54 Å². The summed E-state index contributed by atoms with van der Waals surface area (Å²) in [4.78, 5) is 9.91. The lowest BCUT2D eigenvalue weighted by Gasteiger charge is -2.15. The van der Waals surface area contributed by atoms with Gasteiger partial charge in [0.1, 0.15) is 0 Å². The van der Waals surface area contributed by atoms with Crippen LogP contribution in [0.1, 0.15) is 39.4 Å². The third-order valence-corrected chi connectivity index (χ3v) is 4.50. The van der Waals surface area contributed by atoms with E-state index in [-0.39, 0.29) is 29.4 Å². The lowest BCUT2D eigenvalue weighted by molar-refractivity contribution is 0.318. The number of thioether (sulfide) groups is 1. The van der Waals surface area contributed by atoms with Crippen LogP contribution in [0.15, 0.2) is 44.7 Å². The van der Waals surface area contributed by atoms with Crippen molar-refractivity contribution >= 4 is 41.7 Å². The molecule has 0 amide bonds. The number of aromatic nitrogens is 2. The lowest BCUT2D eigenvalue weighted by atomic mass is 9.97. The van der Waals surface area contributed by atoms with Crippen molar-refractivity contribution in [3.8, 4) is 0 Å². The van der Waals surface area contributed by atoms with Crippen LogP contribution in [-0.2, 0) is 12.0 Å². The number of nitrogens with one attached hydrogen (secondary N) is 2. The van der Waals surface area contributed by atoms with Crippen LogP contribution in [0.4, 0.5) is 0 Å². The van der Waals surface area contributed by atoms with Gasteiger partial charge in [-0.3, -0.25) is 4.99 Å². The summed E-state index contributed by atoms with van der Waals surface area (Å²) < 4.78 is 5.29. The molecule has 1 aromatic heterocycles. The molecule has 1 heterocycles. The molecular weight excluding hydrogens is 461 g/mol. The largest absolute Gasteiger partial charge is 0.355 e. The monoisotopic (exact) mass is 489 g/mol. The Morgan fingerprint density at radius 1 is 1.23 bits per heavy atom. The van der Waals surface area contributed by atoms with Gasteiger partial charge in [-0.25, -0.2) is 0 Å². The number of rotatable bonds is 6. The number of aliphatic imine (C=N–C) groups is 1. The number of guanidine groups is 1. The zero-order chi connectivity index (χ0) is 18.3. The van der Waals surface area contributed by atoms with Gasteiger partial charge in [0, 0.05) is 29.2 Å². The molecule has 1 unspecified atom stereocenters. The normalized spacial score (nSPS) is 13.0. The van der Waals surface area contributed by atoms with E-state index < -0.39 is 0 Å². The van der Waals surface area contributed by atoms with E-state index in [1.807, 2.05) is 38.6 Å². The summed E-state index contributed by atoms with van der Waals surface area (Å²) >= 11 is 1.83. The van der Waals surface area contributed by atoms with E-state index in [0.29, 0.717) is 23.5 Å². The summed E-state index contributed by atoms with van der Waals surface area (Å²) in [5.74, 6) is 1.99. The van der Waals surface area contributed by atoms with Crippen LogP contribution in [0.5, 0.6) is 0 Å². The van der Waals surface area contributed by atoms with Gasteiger partial charge in [0.2, 0.25) is 5.89 Å². The highest BCUT2D eigenvalue weighted by atomic mass is 127. The highest BCUT2D eigenvalue weighted by Gasteiger charge is 2.21. The second-order valence-corrected chi connectivity index (χ2v) is 8.33. The minimum Gasteiger partial charge on any atom is -0.355 e. The van der Waals surface area contributed by atoms with Crippen molar-refractivity contribution in [2.24, 2.45) is 4.99 Å². The summed E-state index contributed by atoms with van der Waals surface area (Å²) in [6.45, 7) is 9.60. The first-order chi connectivity index (χ1) is 11.9. The van der Waals surface area contributed by atoms with Gasteiger partial charge < -0.3 is 15.2 Å². The van der Waals surface area contributed by atoms with Crippen molar-refractivity contribution in [1.82, 2.24) is 20.8 Å². The molecule has 6 nitrogen and oxygen atoms in total. The van der Waals surface area contributed by atoms with E-state index in [4.69, 9.17) is 4.52 Å². The first kappa shape index (κ1) is 22.8. The van der Waals surface area contributed by atoms with Crippen molar-refractivity contribution in [3.05, 3.63) is 42.0 Å². The molecular formula is C18H28IN5OS. The van der Waals surface area contributed by atoms with Crippen LogP contribution in [0.2, 0.25) is 0 Å². The lowest BCUT2D eigenvalue weighted by Crippen LogP contribution is -2.39. The number of hydrogen-bond donors (Lipinski definition) is 2. The minimum absolute atomic E-state index is 0. The van der Waals surface area contributed by atoms with Crippen LogP contribution in [-0.4, -0.2) is 34.9 Å². The van der Waals surface area contributed by atoms with E-state index in [9.17, 15) is 0 Å². The molecule has 1 atom stereocenters. The second-order valence-electron chi connectivity index (χ2n) is 6.81. The zero-order valence-electron chi connectivity index (χ0n) is 15.9. The predicted octanol–water partition coefficient (Wildman–Crippen LogP) is 3.83. The molecule has 0 spiro atoms. The first-order valence-electron chi connectivity index (χ1n) is 8.38. The van der Waals surface area contributed by atoms with E-state index in [1.54, 1.807) is 7.05 Å². The van der Waals surface area contributed by atoms with Crippen LogP contribution in [0.3, 0.4) is 0 Å². The summed E-state index contributed by atoms with van der Waals surface area (Å²) in [5.41, 5.74) is -0.144. The number of halogens is 1. The SMILES string of the molecule is CN=C(NCc1noc(C(C)(C)C)n1)NCC(C)Sc1ccccc1.I. The molecule has 0 bridgehead atoms. The molecule has 0 aliphatic rings. The van der Waals surface area contributed by atoms with Crippen LogP contribution < -0.4 is 10.6 Å². The Bertz CT molecular complexity index is 684. The molecule has 2 N–H and O–H groups in total. The van der Waals surface area contributed by atoms with Gasteiger partial charge >= 0.3 is 0 Å². The molecule has 8 heteroatoms. The molecule has 0 aliphatic carbocycles. The molecule has 0 saturated carbocycles. The third-order valence-electron chi connectivity index (χ3n) is 3.38. The number of benzene rings is 1. The molecule has 144 valence electrons. The van der Waals surface area contributed by atoms with Crippen molar-refractivity contribution < 1.29 is 4.52 Å². The Balaban J connectivity index is 0.00000338. The standard InChI is InChI=1S/C18H27N5OS.HI/c1-13(25-14-9-7-6-8-10-14)11-20-17(19-5)21-12-15-22-16(24-23-15)18(2,3)4;/h6-10,13H,11-12H2,1-5H3,(H2,19,20,21);1H. The van der Waals surface area contributed by atoms with Crippen LogP contribution in [0.25, 0.3) is 0 Å². The van der Waals surface area contributed by atoms with Crippen molar-refractivity contribution in [2.45, 2.75) is 49.8 Å². The number of nitrogens with zero attached hydrogens (tertiary/aromatic N) is 3. The maximum absolute atomic E-state index is 5.29. The zero-order valence-corrected chi connectivity index (χ0v) is 19.1. The maximum Gasteiger partial charge on any atom is 0.232 e. The Kier molecular flexibility index (Phi) is 9.42. The first-order valence-corrected chi connectivity index (χ1v) is 9.25. The molecule has 0 fully saturated rings. The summed E-state index contributed by atoms with van der Waals surface area (Å²) in [7, 11) is 1.75. The fourth-order valence-electron chi connectivity index (χ4n) is 2.03. The van der Waals surface area contributed by atoms with Crippen molar-refractivity contribution in [3.63, 3.8) is 0 Å². The average molecular weight is 489 g/mol. The summed E-state index contributed by atoms with van der Waals surface area (Å²) in [6.07, 6.45) is 0. The van der Waals surface area contributed by atoms with Gasteiger partial charge in [0.25, 0.3) is 0 Å². The van der Waals surface area contributed by atoms with E-state index in [1.165, 1.54) is 4.90 Å². The Labute approximate surface area is 177 Å².